The van der Waals surface area contributed by atoms with E-state index in [9.17, 15) is 14.4 Å². The van der Waals surface area contributed by atoms with Crippen LogP contribution in [0.2, 0.25) is 0 Å². The molecule has 26 heavy (non-hydrogen) atoms. The van der Waals surface area contributed by atoms with Gasteiger partial charge in [-0.25, -0.2) is 4.79 Å². The summed E-state index contributed by atoms with van der Waals surface area (Å²) in [4.78, 5) is 38.6. The Labute approximate surface area is 162 Å². The summed E-state index contributed by atoms with van der Waals surface area (Å²) < 4.78 is 4.76. The number of rotatable bonds is 5. The zero-order chi connectivity index (χ0) is 18.0. The van der Waals surface area contributed by atoms with Gasteiger partial charge in [0.05, 0.1) is 12.7 Å². The number of thiophene rings is 1. The molecule has 1 aliphatic heterocycles. The Hall–Kier alpha value is -1.64. The SMILES string of the molecule is COC(=O)c1ccsc1N1CCC(NC(=O)[C@@H]2CCC[C@@H]2CN)C1=O.Cl. The van der Waals surface area contributed by atoms with E-state index in [0.29, 0.717) is 30.1 Å². The number of nitrogens with one attached hydrogen (secondary N) is 1. The first kappa shape index (κ1) is 20.7. The summed E-state index contributed by atoms with van der Waals surface area (Å²) in [7, 11) is 1.31. The fourth-order valence-corrected chi connectivity index (χ4v) is 4.65. The minimum atomic E-state index is -0.542. The summed E-state index contributed by atoms with van der Waals surface area (Å²) in [6.07, 6.45) is 3.33. The predicted octanol–water partition coefficient (Wildman–Crippen LogP) is 1.55. The van der Waals surface area contributed by atoms with Crippen LogP contribution >= 0.6 is 23.7 Å². The monoisotopic (exact) mass is 401 g/mol. The summed E-state index contributed by atoms with van der Waals surface area (Å²) in [6.45, 7) is 0.972. The van der Waals surface area contributed by atoms with Crippen LogP contribution in [-0.4, -0.2) is 44.0 Å². The molecule has 3 atom stereocenters. The molecule has 1 aliphatic carbocycles. The zero-order valence-corrected chi connectivity index (χ0v) is 16.2. The van der Waals surface area contributed by atoms with Gasteiger partial charge in [-0.15, -0.1) is 23.7 Å². The second-order valence-electron chi connectivity index (χ2n) is 6.50. The van der Waals surface area contributed by atoms with Crippen LogP contribution in [0.1, 0.15) is 36.0 Å². The Morgan fingerprint density at radius 3 is 2.85 bits per heavy atom. The van der Waals surface area contributed by atoms with Crippen molar-refractivity contribution in [3.8, 4) is 0 Å². The average Bonchev–Trinajstić information content (AvgIpc) is 3.34. The van der Waals surface area contributed by atoms with E-state index in [4.69, 9.17) is 10.5 Å². The van der Waals surface area contributed by atoms with Gasteiger partial charge in [-0.05, 0) is 43.2 Å². The number of hydrogen-bond acceptors (Lipinski definition) is 6. The highest BCUT2D eigenvalue weighted by Crippen LogP contribution is 2.33. The molecule has 1 saturated carbocycles. The van der Waals surface area contributed by atoms with Crippen LogP contribution in [0.3, 0.4) is 0 Å². The smallest absolute Gasteiger partial charge is 0.340 e. The van der Waals surface area contributed by atoms with E-state index >= 15 is 0 Å². The number of anilines is 1. The second kappa shape index (κ2) is 8.83. The van der Waals surface area contributed by atoms with Crippen molar-refractivity contribution in [2.24, 2.45) is 17.6 Å². The number of carbonyl (C=O) groups excluding carboxylic acids is 3. The molecule has 1 aromatic rings. The Morgan fingerprint density at radius 1 is 1.38 bits per heavy atom. The van der Waals surface area contributed by atoms with Crippen molar-refractivity contribution in [1.29, 1.82) is 0 Å². The predicted molar refractivity (Wildman–Crippen MR) is 102 cm³/mol. The molecule has 144 valence electrons. The fourth-order valence-electron chi connectivity index (χ4n) is 3.73. The molecule has 1 aromatic heterocycles. The Bertz CT molecular complexity index is 681. The van der Waals surface area contributed by atoms with E-state index < -0.39 is 12.0 Å². The number of hydrogen-bond donors (Lipinski definition) is 2. The standard InChI is InChI=1S/C17H23N3O4S.ClH/c1-24-17(23)12-6-8-25-16(12)20-7-5-13(15(20)22)19-14(21)11-4-2-3-10(11)9-18;/h6,8,10-11,13H,2-5,7,9,18H2,1H3,(H,19,21);1H/t10-,11-,13?;/m1./s1. The van der Waals surface area contributed by atoms with Gasteiger partial charge in [0.25, 0.3) is 0 Å². The van der Waals surface area contributed by atoms with Crippen LogP contribution in [0.5, 0.6) is 0 Å². The number of ether oxygens (including phenoxy) is 1. The molecule has 0 bridgehead atoms. The minimum Gasteiger partial charge on any atom is -0.465 e. The molecule has 3 N–H and O–H groups in total. The van der Waals surface area contributed by atoms with E-state index in [1.807, 2.05) is 0 Å². The Kier molecular flexibility index (Phi) is 7.02. The molecule has 2 fully saturated rings. The molecular formula is C17H24ClN3O4S. The molecule has 2 amide bonds. The largest absolute Gasteiger partial charge is 0.465 e. The minimum absolute atomic E-state index is 0. The average molecular weight is 402 g/mol. The first-order valence-corrected chi connectivity index (χ1v) is 9.42. The lowest BCUT2D eigenvalue weighted by Gasteiger charge is -2.20. The zero-order valence-electron chi connectivity index (χ0n) is 14.6. The maximum absolute atomic E-state index is 12.7. The first-order valence-electron chi connectivity index (χ1n) is 8.54. The molecule has 2 heterocycles. The normalized spacial score (nSPS) is 25.1. The third-order valence-electron chi connectivity index (χ3n) is 5.12. The quantitative estimate of drug-likeness (QED) is 0.729. The van der Waals surface area contributed by atoms with Gasteiger partial charge in [0.2, 0.25) is 11.8 Å². The third-order valence-corrected chi connectivity index (χ3v) is 6.05. The summed E-state index contributed by atoms with van der Waals surface area (Å²) in [5.74, 6) is -0.612. The molecule has 2 aliphatic rings. The van der Waals surface area contributed by atoms with Gasteiger partial charge >= 0.3 is 5.97 Å². The summed E-state index contributed by atoms with van der Waals surface area (Å²) in [5.41, 5.74) is 6.13. The number of esters is 1. The van der Waals surface area contributed by atoms with Crippen LogP contribution in [0.15, 0.2) is 11.4 Å². The van der Waals surface area contributed by atoms with Crippen molar-refractivity contribution in [2.45, 2.75) is 31.7 Å². The van der Waals surface area contributed by atoms with Gasteiger partial charge in [0.1, 0.15) is 11.0 Å². The maximum Gasteiger partial charge on any atom is 0.340 e. The van der Waals surface area contributed by atoms with E-state index in [1.54, 1.807) is 16.3 Å². The Balaban J connectivity index is 0.00000243. The molecule has 9 heteroatoms. The van der Waals surface area contributed by atoms with Crippen molar-refractivity contribution in [2.75, 3.05) is 25.1 Å². The van der Waals surface area contributed by atoms with Gasteiger partial charge in [0, 0.05) is 12.5 Å². The van der Waals surface area contributed by atoms with Gasteiger partial charge in [-0.3, -0.25) is 9.59 Å². The van der Waals surface area contributed by atoms with E-state index in [2.05, 4.69) is 5.32 Å². The van der Waals surface area contributed by atoms with Crippen LogP contribution < -0.4 is 16.0 Å². The number of halogens is 1. The highest BCUT2D eigenvalue weighted by molar-refractivity contribution is 7.14. The number of carbonyl (C=O) groups is 3. The third kappa shape index (κ3) is 3.87. The van der Waals surface area contributed by atoms with Crippen LogP contribution in [0.25, 0.3) is 0 Å². The number of nitrogens with two attached hydrogens (primary N) is 1. The Morgan fingerprint density at radius 2 is 2.15 bits per heavy atom. The van der Waals surface area contributed by atoms with Gasteiger partial charge < -0.3 is 20.7 Å². The van der Waals surface area contributed by atoms with Crippen molar-refractivity contribution < 1.29 is 19.1 Å². The van der Waals surface area contributed by atoms with E-state index in [0.717, 1.165) is 19.3 Å². The van der Waals surface area contributed by atoms with Crippen LogP contribution in [0, 0.1) is 11.8 Å². The lowest BCUT2D eigenvalue weighted by atomic mass is 9.95. The molecule has 3 rings (SSSR count). The van der Waals surface area contributed by atoms with Crippen molar-refractivity contribution in [1.82, 2.24) is 5.32 Å². The van der Waals surface area contributed by atoms with Crippen molar-refractivity contribution >= 4 is 46.5 Å². The summed E-state index contributed by atoms with van der Waals surface area (Å²) in [6, 6.07) is 1.11. The van der Waals surface area contributed by atoms with Gasteiger partial charge in [-0.2, -0.15) is 0 Å². The van der Waals surface area contributed by atoms with Gasteiger partial charge in [0.15, 0.2) is 0 Å². The lowest BCUT2D eigenvalue weighted by molar-refractivity contribution is -0.129. The molecule has 0 radical (unpaired) electrons. The van der Waals surface area contributed by atoms with E-state index in [1.165, 1.54) is 18.4 Å². The molecule has 0 spiro atoms. The fraction of sp³-hybridized carbons (Fsp3) is 0.588. The van der Waals surface area contributed by atoms with Crippen LogP contribution in [-0.2, 0) is 14.3 Å². The highest BCUT2D eigenvalue weighted by Gasteiger charge is 2.39. The van der Waals surface area contributed by atoms with Gasteiger partial charge in [-0.1, -0.05) is 6.42 Å². The topological polar surface area (TPSA) is 102 Å². The van der Waals surface area contributed by atoms with E-state index in [-0.39, 0.29) is 36.1 Å². The number of amides is 2. The molecule has 1 saturated heterocycles. The number of methoxy groups -OCH3 is 1. The molecule has 7 nitrogen and oxygen atoms in total. The van der Waals surface area contributed by atoms with Crippen LogP contribution in [0.4, 0.5) is 5.00 Å². The first-order chi connectivity index (χ1) is 12.1. The maximum atomic E-state index is 12.7. The highest BCUT2D eigenvalue weighted by atomic mass is 35.5. The molecule has 1 unspecified atom stereocenters. The number of nitrogens with zero attached hydrogens (tertiary/aromatic N) is 1. The molecule has 0 aromatic carbocycles. The van der Waals surface area contributed by atoms with Crippen molar-refractivity contribution in [3.63, 3.8) is 0 Å². The summed E-state index contributed by atoms with van der Waals surface area (Å²) >= 11 is 1.32. The molecular weight excluding hydrogens is 378 g/mol. The lowest BCUT2D eigenvalue weighted by Crippen LogP contribution is -2.45. The summed E-state index contributed by atoms with van der Waals surface area (Å²) in [5, 5.41) is 5.23. The second-order valence-corrected chi connectivity index (χ2v) is 7.40. The van der Waals surface area contributed by atoms with Crippen molar-refractivity contribution in [3.05, 3.63) is 17.0 Å².